The van der Waals surface area contributed by atoms with Gasteiger partial charge in [-0.15, -0.1) is 5.10 Å². The minimum absolute atomic E-state index is 0.279. The summed E-state index contributed by atoms with van der Waals surface area (Å²) in [6.07, 6.45) is 5.38. The summed E-state index contributed by atoms with van der Waals surface area (Å²) in [7, 11) is 2.14. The van der Waals surface area contributed by atoms with E-state index in [9.17, 15) is 4.39 Å². The summed E-state index contributed by atoms with van der Waals surface area (Å²) < 4.78 is 21.6. The second kappa shape index (κ2) is 7.05. The van der Waals surface area contributed by atoms with Crippen molar-refractivity contribution < 1.29 is 9.13 Å². The number of anilines is 2. The van der Waals surface area contributed by atoms with E-state index in [0.717, 1.165) is 36.5 Å². The van der Waals surface area contributed by atoms with Gasteiger partial charge in [0.15, 0.2) is 5.65 Å². The van der Waals surface area contributed by atoms with Crippen LogP contribution in [0, 0.1) is 11.7 Å². The number of likely N-dealkylation sites (tertiary alicyclic amines) is 1. The van der Waals surface area contributed by atoms with E-state index in [0.29, 0.717) is 30.0 Å². The lowest BCUT2D eigenvalue weighted by molar-refractivity contribution is 0.238. The van der Waals surface area contributed by atoms with Crippen LogP contribution in [0.2, 0.25) is 0 Å². The molecule has 3 aromatic rings. The molecule has 2 aromatic heterocycles. The van der Waals surface area contributed by atoms with E-state index >= 15 is 0 Å². The molecule has 1 atom stereocenters. The Balaban J connectivity index is 1.46. The molecule has 2 fully saturated rings. The fourth-order valence-electron chi connectivity index (χ4n) is 3.87. The number of fused-ring (bicyclic) bond motifs is 1. The molecule has 1 aliphatic carbocycles. The molecule has 1 saturated heterocycles. The van der Waals surface area contributed by atoms with Crippen LogP contribution in [0.25, 0.3) is 5.65 Å². The van der Waals surface area contributed by atoms with E-state index in [4.69, 9.17) is 9.84 Å². The van der Waals surface area contributed by atoms with Crippen LogP contribution >= 0.6 is 0 Å². The average Bonchev–Trinajstić information content (AvgIpc) is 3.29. The number of ether oxygens (including phenoxy) is 1. The van der Waals surface area contributed by atoms with Crippen molar-refractivity contribution in [3.63, 3.8) is 0 Å². The molecule has 7 heteroatoms. The SMILES string of the molecule is CN1CC[C@@H](COc2cc(Nc3cccc(F)c3)c3ncc(C4CC4)n3n2)C1. The maximum atomic E-state index is 13.6. The number of rotatable bonds is 6. The minimum Gasteiger partial charge on any atom is -0.476 e. The molecule has 0 bridgehead atoms. The van der Waals surface area contributed by atoms with Gasteiger partial charge in [-0.1, -0.05) is 6.07 Å². The number of imidazole rings is 1. The second-order valence-electron chi connectivity index (χ2n) is 7.95. The Bertz CT molecular complexity index is 1000. The van der Waals surface area contributed by atoms with Crippen molar-refractivity contribution in [3.05, 3.63) is 48.0 Å². The average molecular weight is 381 g/mol. The zero-order chi connectivity index (χ0) is 19.1. The Morgan fingerprint density at radius 1 is 1.25 bits per heavy atom. The predicted molar refractivity (Wildman–Crippen MR) is 106 cm³/mol. The number of hydrogen-bond acceptors (Lipinski definition) is 5. The van der Waals surface area contributed by atoms with E-state index in [1.54, 1.807) is 6.07 Å². The van der Waals surface area contributed by atoms with Crippen molar-refractivity contribution in [3.8, 4) is 5.88 Å². The summed E-state index contributed by atoms with van der Waals surface area (Å²) in [5.41, 5.74) is 3.29. The van der Waals surface area contributed by atoms with Crippen molar-refractivity contribution in [2.24, 2.45) is 5.92 Å². The number of halogens is 1. The maximum absolute atomic E-state index is 13.6. The molecule has 0 radical (unpaired) electrons. The zero-order valence-electron chi connectivity index (χ0n) is 15.9. The summed E-state index contributed by atoms with van der Waals surface area (Å²) in [5, 5.41) is 7.98. The predicted octanol–water partition coefficient (Wildman–Crippen LogP) is 3.82. The van der Waals surface area contributed by atoms with Crippen molar-refractivity contribution in [1.29, 1.82) is 0 Å². The van der Waals surface area contributed by atoms with E-state index < -0.39 is 0 Å². The van der Waals surface area contributed by atoms with Crippen LogP contribution in [0.1, 0.15) is 30.9 Å². The monoisotopic (exact) mass is 381 g/mol. The molecule has 0 spiro atoms. The molecule has 1 saturated carbocycles. The van der Waals surface area contributed by atoms with Gasteiger partial charge in [0.25, 0.3) is 0 Å². The molecule has 1 aromatic carbocycles. The number of nitrogens with one attached hydrogen (secondary N) is 1. The Kier molecular flexibility index (Phi) is 4.39. The highest BCUT2D eigenvalue weighted by atomic mass is 19.1. The van der Waals surface area contributed by atoms with Crippen molar-refractivity contribution >= 4 is 17.0 Å². The van der Waals surface area contributed by atoms with Gasteiger partial charge in [-0.2, -0.15) is 0 Å². The molecule has 1 aliphatic heterocycles. The van der Waals surface area contributed by atoms with Gasteiger partial charge < -0.3 is 15.0 Å². The van der Waals surface area contributed by atoms with Gasteiger partial charge in [-0.25, -0.2) is 13.9 Å². The minimum atomic E-state index is -0.279. The summed E-state index contributed by atoms with van der Waals surface area (Å²) in [5.74, 6) is 1.33. The quantitative estimate of drug-likeness (QED) is 0.704. The molecule has 146 valence electrons. The first-order chi connectivity index (χ1) is 13.7. The Morgan fingerprint density at radius 2 is 2.14 bits per heavy atom. The summed E-state index contributed by atoms with van der Waals surface area (Å²) in [6.45, 7) is 2.81. The highest BCUT2D eigenvalue weighted by Crippen LogP contribution is 2.41. The van der Waals surface area contributed by atoms with Gasteiger partial charge >= 0.3 is 0 Å². The lowest BCUT2D eigenvalue weighted by Crippen LogP contribution is -2.18. The third-order valence-corrected chi connectivity index (χ3v) is 5.53. The van der Waals surface area contributed by atoms with E-state index in [2.05, 4.69) is 22.2 Å². The van der Waals surface area contributed by atoms with Crippen molar-refractivity contribution in [1.82, 2.24) is 19.5 Å². The van der Waals surface area contributed by atoms with Crippen molar-refractivity contribution in [2.75, 3.05) is 32.1 Å². The highest BCUT2D eigenvalue weighted by Gasteiger charge is 2.28. The lowest BCUT2D eigenvalue weighted by atomic mass is 10.1. The fraction of sp³-hybridized carbons (Fsp3) is 0.429. The lowest BCUT2D eigenvalue weighted by Gasteiger charge is -2.14. The first-order valence-electron chi connectivity index (χ1n) is 9.88. The van der Waals surface area contributed by atoms with Gasteiger partial charge in [0.2, 0.25) is 5.88 Å². The van der Waals surface area contributed by atoms with E-state index in [1.165, 1.54) is 25.0 Å². The molecule has 0 amide bonds. The standard InChI is InChI=1S/C21H24FN5O/c1-26-8-7-14(12-26)13-28-20-10-18(24-17-4-2-3-16(22)9-17)21-23-11-19(15-5-6-15)27(21)25-20/h2-4,9-11,14-15,24H,5-8,12-13H2,1H3/t14-/m1/s1. The molecule has 1 N–H and O–H groups in total. The highest BCUT2D eigenvalue weighted by molar-refractivity contribution is 5.74. The molecule has 5 rings (SSSR count). The molecule has 6 nitrogen and oxygen atoms in total. The Labute approximate surface area is 163 Å². The number of hydrogen-bond donors (Lipinski definition) is 1. The first kappa shape index (κ1) is 17.4. The maximum Gasteiger partial charge on any atom is 0.233 e. The van der Waals surface area contributed by atoms with Gasteiger partial charge in [-0.05, 0) is 51.1 Å². The fourth-order valence-corrected chi connectivity index (χ4v) is 3.87. The molecule has 28 heavy (non-hydrogen) atoms. The van der Waals surface area contributed by atoms with Gasteiger partial charge in [0.05, 0.1) is 24.2 Å². The normalized spacial score (nSPS) is 20.0. The van der Waals surface area contributed by atoms with Gasteiger partial charge in [-0.3, -0.25) is 0 Å². The molecular weight excluding hydrogens is 357 g/mol. The Hall–Kier alpha value is -2.67. The second-order valence-corrected chi connectivity index (χ2v) is 7.95. The van der Waals surface area contributed by atoms with E-state index in [1.807, 2.05) is 22.8 Å². The molecule has 3 heterocycles. The zero-order valence-corrected chi connectivity index (χ0v) is 15.9. The topological polar surface area (TPSA) is 54.7 Å². The third-order valence-electron chi connectivity index (χ3n) is 5.53. The van der Waals surface area contributed by atoms with Gasteiger partial charge in [0.1, 0.15) is 5.82 Å². The van der Waals surface area contributed by atoms with Crippen LogP contribution in [0.5, 0.6) is 5.88 Å². The van der Waals surface area contributed by atoms with Crippen LogP contribution in [-0.2, 0) is 0 Å². The van der Waals surface area contributed by atoms with Crippen LogP contribution in [0.3, 0.4) is 0 Å². The smallest absolute Gasteiger partial charge is 0.233 e. The van der Waals surface area contributed by atoms with Crippen LogP contribution in [0.4, 0.5) is 15.8 Å². The third kappa shape index (κ3) is 3.54. The molecule has 0 unspecified atom stereocenters. The first-order valence-corrected chi connectivity index (χ1v) is 9.88. The number of nitrogens with zero attached hydrogens (tertiary/aromatic N) is 4. The largest absolute Gasteiger partial charge is 0.476 e. The molecular formula is C21H24FN5O. The van der Waals surface area contributed by atoms with Gasteiger partial charge in [0, 0.05) is 30.1 Å². The van der Waals surface area contributed by atoms with Crippen molar-refractivity contribution in [2.45, 2.75) is 25.2 Å². The van der Waals surface area contributed by atoms with Crippen LogP contribution in [0.15, 0.2) is 36.5 Å². The summed E-state index contributed by atoms with van der Waals surface area (Å²) in [4.78, 5) is 6.89. The van der Waals surface area contributed by atoms with E-state index in [-0.39, 0.29) is 5.82 Å². The number of benzene rings is 1. The number of aromatic nitrogens is 3. The summed E-state index contributed by atoms with van der Waals surface area (Å²) >= 11 is 0. The van der Waals surface area contributed by atoms with Crippen LogP contribution in [-0.4, -0.2) is 46.2 Å². The summed E-state index contributed by atoms with van der Waals surface area (Å²) in [6, 6.07) is 8.28. The molecule has 2 aliphatic rings. The van der Waals surface area contributed by atoms with Crippen LogP contribution < -0.4 is 10.1 Å². The Morgan fingerprint density at radius 3 is 2.89 bits per heavy atom.